The number of nitrogens with one attached hydrogen (secondary N) is 1. The zero-order chi connectivity index (χ0) is 39.1. The Kier molecular flexibility index (Phi) is 16.4. The molecule has 15 nitrogen and oxygen atoms in total. The van der Waals surface area contributed by atoms with Crippen molar-refractivity contribution < 1.29 is 43.3 Å². The molecular formula is C38H53N6O9P. The van der Waals surface area contributed by atoms with Gasteiger partial charge in [0, 0.05) is 77.6 Å². The van der Waals surface area contributed by atoms with Gasteiger partial charge in [0.15, 0.2) is 5.82 Å². The number of carbonyl (C=O) groups is 3. The summed E-state index contributed by atoms with van der Waals surface area (Å²) in [5.41, 5.74) is 1.33. The molecule has 294 valence electrons. The number of methoxy groups -OCH3 is 1. The first-order chi connectivity index (χ1) is 25.9. The average Bonchev–Trinajstić information content (AvgIpc) is 3.67. The van der Waals surface area contributed by atoms with Gasteiger partial charge in [0.05, 0.1) is 11.4 Å². The van der Waals surface area contributed by atoms with Crippen LogP contribution < -0.4 is 15.5 Å². The highest BCUT2D eigenvalue weighted by atomic mass is 31.2. The van der Waals surface area contributed by atoms with E-state index in [-0.39, 0.29) is 49.7 Å². The van der Waals surface area contributed by atoms with Gasteiger partial charge >= 0.3 is 13.7 Å². The molecule has 2 fully saturated rings. The summed E-state index contributed by atoms with van der Waals surface area (Å²) in [7, 11) is -2.81. The fourth-order valence-corrected chi connectivity index (χ4v) is 6.52. The second kappa shape index (κ2) is 20.9. The van der Waals surface area contributed by atoms with Gasteiger partial charge in [-0.3, -0.25) is 14.2 Å². The van der Waals surface area contributed by atoms with E-state index in [4.69, 9.17) is 14.5 Å². The minimum absolute atomic E-state index is 0.0241. The van der Waals surface area contributed by atoms with Gasteiger partial charge in [0.1, 0.15) is 17.6 Å². The molecule has 54 heavy (non-hydrogen) atoms. The van der Waals surface area contributed by atoms with Gasteiger partial charge in [-0.25, -0.2) is 14.8 Å². The number of nitrogens with zero attached hydrogens (tertiary/aromatic N) is 5. The lowest BCUT2D eigenvalue weighted by Crippen LogP contribution is -2.56. The first-order valence-corrected chi connectivity index (χ1v) is 20.1. The lowest BCUT2D eigenvalue weighted by molar-refractivity contribution is -0.134. The molecule has 0 spiro atoms. The van der Waals surface area contributed by atoms with Gasteiger partial charge in [0.2, 0.25) is 5.91 Å². The van der Waals surface area contributed by atoms with E-state index in [9.17, 15) is 33.8 Å². The summed E-state index contributed by atoms with van der Waals surface area (Å²) < 4.78 is 22.5. The fourth-order valence-electron chi connectivity index (χ4n) is 5.99. The molecule has 0 bridgehead atoms. The molecule has 3 amide bonds. The van der Waals surface area contributed by atoms with E-state index in [1.165, 1.54) is 59.7 Å². The monoisotopic (exact) mass is 768 g/mol. The standard InChI is InChI=1S/C30H35N6O8P.C8H18O/c1-44-22-11-12-36(19-22)26-18-24(31-27(33-26)21-5-3-2-4-6-21)28(37)32-25(17-20-7-9-23(10-8-20)45(41,42)43)29(38)34-13-15-35(16-14-34)30(39)40;1-3-5-7-9-8-6-4-2/h2-10,18,22,25H,11-17,19H2,1H3,(H,32,37)(H,39,40)(H2,41,42,43);3-8H2,1-2H3/t22-,25-;/m0./s1. The van der Waals surface area contributed by atoms with Crippen LogP contribution in [-0.4, -0.2) is 124 Å². The van der Waals surface area contributed by atoms with Crippen LogP contribution in [0.4, 0.5) is 10.6 Å². The highest BCUT2D eigenvalue weighted by molar-refractivity contribution is 7.60. The smallest absolute Gasteiger partial charge is 0.407 e. The quantitative estimate of drug-likeness (QED) is 0.129. The molecule has 2 atom stereocenters. The number of anilines is 1. The van der Waals surface area contributed by atoms with Crippen LogP contribution in [0.25, 0.3) is 11.4 Å². The number of carbonyl (C=O) groups excluding carboxylic acids is 2. The molecule has 5 rings (SSSR count). The van der Waals surface area contributed by atoms with E-state index >= 15 is 0 Å². The van der Waals surface area contributed by atoms with Gasteiger partial charge in [-0.05, 0) is 37.0 Å². The topological polar surface area (TPSA) is 195 Å². The van der Waals surface area contributed by atoms with Crippen molar-refractivity contribution in [3.05, 3.63) is 71.9 Å². The molecule has 16 heteroatoms. The van der Waals surface area contributed by atoms with Crippen LogP contribution in [-0.2, 0) is 25.3 Å². The molecule has 4 N–H and O–H groups in total. The average molecular weight is 769 g/mol. The Labute approximate surface area is 316 Å². The molecule has 0 unspecified atom stereocenters. The minimum atomic E-state index is -4.46. The molecule has 0 aliphatic carbocycles. The molecule has 2 aromatic carbocycles. The van der Waals surface area contributed by atoms with Crippen LogP contribution in [0.15, 0.2) is 60.7 Å². The van der Waals surface area contributed by atoms with Crippen molar-refractivity contribution in [2.24, 2.45) is 0 Å². The van der Waals surface area contributed by atoms with Crippen molar-refractivity contribution in [3.63, 3.8) is 0 Å². The van der Waals surface area contributed by atoms with Gasteiger partial charge in [-0.2, -0.15) is 0 Å². The lowest BCUT2D eigenvalue weighted by Gasteiger charge is -2.35. The number of aromatic nitrogens is 2. The zero-order valence-corrected chi connectivity index (χ0v) is 32.2. The highest BCUT2D eigenvalue weighted by Crippen LogP contribution is 2.33. The zero-order valence-electron chi connectivity index (χ0n) is 31.3. The molecule has 2 aliphatic heterocycles. The van der Waals surface area contributed by atoms with Gasteiger partial charge in [0.25, 0.3) is 5.91 Å². The number of rotatable bonds is 15. The maximum Gasteiger partial charge on any atom is 0.407 e. The Bertz CT molecular complexity index is 1700. The Balaban J connectivity index is 0.000000641. The van der Waals surface area contributed by atoms with Crippen LogP contribution in [0.2, 0.25) is 0 Å². The summed E-state index contributed by atoms with van der Waals surface area (Å²) in [5, 5.41) is 12.0. The normalized spacial score (nSPS) is 16.4. The highest BCUT2D eigenvalue weighted by Gasteiger charge is 2.32. The van der Waals surface area contributed by atoms with Crippen LogP contribution in [0.3, 0.4) is 0 Å². The van der Waals surface area contributed by atoms with E-state index in [2.05, 4.69) is 24.1 Å². The van der Waals surface area contributed by atoms with Gasteiger partial charge in [-0.15, -0.1) is 0 Å². The first kappa shape index (κ1) is 42.3. The Hall–Kier alpha value is -4.40. The third-order valence-electron chi connectivity index (χ3n) is 9.24. The third kappa shape index (κ3) is 12.6. The number of piperazine rings is 1. The number of carboxylic acid groups (broad SMARTS) is 1. The van der Waals surface area contributed by atoms with E-state index in [1.54, 1.807) is 13.2 Å². The molecular weight excluding hydrogens is 715 g/mol. The van der Waals surface area contributed by atoms with Crippen molar-refractivity contribution in [2.45, 2.75) is 64.5 Å². The van der Waals surface area contributed by atoms with E-state index < -0.39 is 31.5 Å². The van der Waals surface area contributed by atoms with E-state index in [0.29, 0.717) is 35.9 Å². The summed E-state index contributed by atoms with van der Waals surface area (Å²) in [6.07, 6.45) is 4.69. The second-order valence-electron chi connectivity index (χ2n) is 13.2. The molecule has 3 aromatic rings. The van der Waals surface area contributed by atoms with Crippen LogP contribution in [0.1, 0.15) is 62.0 Å². The molecule has 0 saturated carbocycles. The maximum absolute atomic E-state index is 13.8. The summed E-state index contributed by atoms with van der Waals surface area (Å²) in [6.45, 7) is 8.12. The molecule has 0 radical (unpaired) electrons. The summed E-state index contributed by atoms with van der Waals surface area (Å²) in [5.74, 6) is -0.116. The Morgan fingerprint density at radius 1 is 0.907 bits per heavy atom. The molecule has 1 aromatic heterocycles. The van der Waals surface area contributed by atoms with E-state index in [0.717, 1.165) is 19.6 Å². The minimum Gasteiger partial charge on any atom is -0.465 e. The SMILES string of the molecule is CCCCOCCCC.CO[C@H]1CCN(c2cc(C(=O)N[C@@H](Cc3ccc(P(=O)(O)O)cc3)C(=O)N3CCN(C(=O)O)CC3)nc(-c3ccccc3)n2)C1. The predicted octanol–water partition coefficient (Wildman–Crippen LogP) is 3.94. The third-order valence-corrected chi connectivity index (χ3v) is 10.2. The van der Waals surface area contributed by atoms with E-state index in [1.807, 2.05) is 35.2 Å². The number of benzene rings is 2. The number of unbranched alkanes of at least 4 members (excludes halogenated alkanes) is 2. The first-order valence-electron chi connectivity index (χ1n) is 18.5. The Morgan fingerprint density at radius 2 is 1.54 bits per heavy atom. The summed E-state index contributed by atoms with van der Waals surface area (Å²) >= 11 is 0. The van der Waals surface area contributed by atoms with Gasteiger partial charge in [-0.1, -0.05) is 69.2 Å². The summed E-state index contributed by atoms with van der Waals surface area (Å²) in [4.78, 5) is 72.0. The predicted molar refractivity (Wildman–Crippen MR) is 205 cm³/mol. The number of hydrogen-bond acceptors (Lipinski definition) is 9. The number of hydrogen-bond donors (Lipinski definition) is 4. The van der Waals surface area contributed by atoms with Crippen molar-refractivity contribution in [1.82, 2.24) is 25.1 Å². The van der Waals surface area contributed by atoms with Crippen LogP contribution in [0, 0.1) is 0 Å². The lowest BCUT2D eigenvalue weighted by atomic mass is 10.0. The number of ether oxygens (including phenoxy) is 2. The van der Waals surface area contributed by atoms with Crippen LogP contribution in [0.5, 0.6) is 0 Å². The van der Waals surface area contributed by atoms with Crippen molar-refractivity contribution >= 4 is 36.6 Å². The molecule has 2 saturated heterocycles. The summed E-state index contributed by atoms with van der Waals surface area (Å²) in [6, 6.07) is 15.3. The molecule has 2 aliphatic rings. The van der Waals surface area contributed by atoms with Crippen molar-refractivity contribution in [3.8, 4) is 11.4 Å². The largest absolute Gasteiger partial charge is 0.465 e. The fraction of sp³-hybridized carbons (Fsp3) is 0.500. The van der Waals surface area contributed by atoms with Crippen LogP contribution >= 0.6 is 7.60 Å². The Morgan fingerprint density at radius 3 is 2.09 bits per heavy atom. The van der Waals surface area contributed by atoms with Crippen molar-refractivity contribution in [2.75, 3.05) is 64.5 Å². The van der Waals surface area contributed by atoms with Gasteiger partial charge < -0.3 is 44.4 Å². The van der Waals surface area contributed by atoms with Crippen molar-refractivity contribution in [1.29, 1.82) is 0 Å². The molecule has 3 heterocycles. The maximum atomic E-state index is 13.8. The second-order valence-corrected chi connectivity index (χ2v) is 14.9. The number of amides is 3.